The minimum absolute atomic E-state index is 0.0249. The minimum atomic E-state index is -0.279. The fraction of sp³-hybridized carbons (Fsp3) is 0.273. The number of carbonyl (C=O) groups excluding carboxylic acids is 1. The first-order valence-corrected chi connectivity index (χ1v) is 9.43. The largest absolute Gasteiger partial charge is 0.508 e. The second-order valence-electron chi connectivity index (χ2n) is 7.14. The van der Waals surface area contributed by atoms with Crippen LogP contribution in [0.4, 0.5) is 0 Å². The van der Waals surface area contributed by atoms with Crippen molar-refractivity contribution in [2.45, 2.75) is 12.8 Å². The summed E-state index contributed by atoms with van der Waals surface area (Å²) in [6, 6.07) is 15.5. The number of piperidine rings is 1. The average Bonchev–Trinajstić information content (AvgIpc) is 2.73. The number of ether oxygens (including phenoxy) is 1. The van der Waals surface area contributed by atoms with E-state index in [4.69, 9.17) is 4.74 Å². The molecular formula is C22H22N2O4. The molecule has 144 valence electrons. The van der Waals surface area contributed by atoms with Gasteiger partial charge in [0.2, 0.25) is 0 Å². The van der Waals surface area contributed by atoms with Gasteiger partial charge in [0.15, 0.2) is 5.43 Å². The van der Waals surface area contributed by atoms with Gasteiger partial charge in [0, 0.05) is 24.5 Å². The van der Waals surface area contributed by atoms with Crippen molar-refractivity contribution in [1.29, 1.82) is 0 Å². The Morgan fingerprint density at radius 2 is 1.86 bits per heavy atom. The normalized spacial score (nSPS) is 14.9. The minimum Gasteiger partial charge on any atom is -0.508 e. The number of hydrogen-bond acceptors (Lipinski definition) is 4. The first-order valence-electron chi connectivity index (χ1n) is 9.43. The van der Waals surface area contributed by atoms with E-state index in [9.17, 15) is 14.7 Å². The number of nitrogens with one attached hydrogen (secondary N) is 1. The number of aromatic amines is 1. The van der Waals surface area contributed by atoms with E-state index in [0.29, 0.717) is 36.5 Å². The lowest BCUT2D eigenvalue weighted by molar-refractivity contribution is 0.0655. The maximum Gasteiger partial charge on any atom is 0.270 e. The molecule has 2 heterocycles. The maximum atomic E-state index is 12.8. The Morgan fingerprint density at radius 1 is 1.11 bits per heavy atom. The van der Waals surface area contributed by atoms with Crippen LogP contribution in [0.15, 0.2) is 59.4 Å². The molecule has 6 heteroatoms. The van der Waals surface area contributed by atoms with E-state index in [1.807, 2.05) is 30.3 Å². The van der Waals surface area contributed by atoms with Gasteiger partial charge in [-0.3, -0.25) is 9.59 Å². The second kappa shape index (κ2) is 7.76. The highest BCUT2D eigenvalue weighted by atomic mass is 16.5. The molecule has 0 atom stereocenters. The summed E-state index contributed by atoms with van der Waals surface area (Å²) >= 11 is 0. The lowest BCUT2D eigenvalue weighted by Gasteiger charge is -2.31. The number of rotatable bonds is 4. The summed E-state index contributed by atoms with van der Waals surface area (Å²) in [5.74, 6) is 1.12. The third kappa shape index (κ3) is 3.86. The summed E-state index contributed by atoms with van der Waals surface area (Å²) in [6.45, 7) is 1.91. The number of hydrogen-bond donors (Lipinski definition) is 2. The molecule has 0 bridgehead atoms. The van der Waals surface area contributed by atoms with E-state index in [1.165, 1.54) is 18.2 Å². The number of aromatic hydroxyl groups is 1. The van der Waals surface area contributed by atoms with Crippen molar-refractivity contribution in [3.8, 4) is 11.5 Å². The van der Waals surface area contributed by atoms with Gasteiger partial charge in [-0.05, 0) is 49.1 Å². The molecule has 2 aromatic carbocycles. The lowest BCUT2D eigenvalue weighted by Crippen LogP contribution is -2.40. The van der Waals surface area contributed by atoms with Crippen LogP contribution in [0.3, 0.4) is 0 Å². The van der Waals surface area contributed by atoms with Gasteiger partial charge in [-0.15, -0.1) is 0 Å². The summed E-state index contributed by atoms with van der Waals surface area (Å²) in [5, 5.41) is 9.91. The molecule has 0 radical (unpaired) electrons. The van der Waals surface area contributed by atoms with Crippen LogP contribution >= 0.6 is 0 Å². The van der Waals surface area contributed by atoms with Crippen LogP contribution < -0.4 is 10.2 Å². The molecule has 1 saturated heterocycles. The number of carbonyl (C=O) groups is 1. The van der Waals surface area contributed by atoms with Crippen molar-refractivity contribution in [3.05, 3.63) is 70.5 Å². The molecule has 1 aliphatic heterocycles. The van der Waals surface area contributed by atoms with Gasteiger partial charge < -0.3 is 19.7 Å². The summed E-state index contributed by atoms with van der Waals surface area (Å²) in [7, 11) is 0. The monoisotopic (exact) mass is 378 g/mol. The first kappa shape index (κ1) is 18.1. The Labute approximate surface area is 162 Å². The van der Waals surface area contributed by atoms with E-state index in [2.05, 4.69) is 4.98 Å². The molecule has 4 rings (SSSR count). The number of benzene rings is 2. The van der Waals surface area contributed by atoms with Gasteiger partial charge in [0.05, 0.1) is 12.1 Å². The van der Waals surface area contributed by atoms with Gasteiger partial charge in [-0.2, -0.15) is 0 Å². The number of amides is 1. The number of phenols is 1. The van der Waals surface area contributed by atoms with Crippen LogP contribution in [0.5, 0.6) is 11.5 Å². The molecule has 0 saturated carbocycles. The van der Waals surface area contributed by atoms with Crippen molar-refractivity contribution < 1.29 is 14.6 Å². The smallest absolute Gasteiger partial charge is 0.270 e. The number of H-pyrrole nitrogens is 1. The molecule has 1 aromatic heterocycles. The summed E-state index contributed by atoms with van der Waals surface area (Å²) in [5.41, 5.74) is 0.543. The van der Waals surface area contributed by atoms with Crippen LogP contribution in [-0.4, -0.2) is 40.6 Å². The highest BCUT2D eigenvalue weighted by Gasteiger charge is 2.25. The Morgan fingerprint density at radius 3 is 2.61 bits per heavy atom. The van der Waals surface area contributed by atoms with E-state index < -0.39 is 0 Å². The predicted octanol–water partition coefficient (Wildman–Crippen LogP) is 3.16. The van der Waals surface area contributed by atoms with Gasteiger partial charge in [-0.25, -0.2) is 0 Å². The number of pyridine rings is 1. The fourth-order valence-electron chi connectivity index (χ4n) is 3.55. The Bertz CT molecular complexity index is 1040. The van der Waals surface area contributed by atoms with Gasteiger partial charge in [0.25, 0.3) is 5.91 Å². The molecule has 6 nitrogen and oxygen atoms in total. The number of phenolic OH excluding ortho intramolecular Hbond substituents is 1. The third-order valence-electron chi connectivity index (χ3n) is 5.17. The number of nitrogens with zero attached hydrogens (tertiary/aromatic N) is 1. The predicted molar refractivity (Wildman–Crippen MR) is 107 cm³/mol. The Hall–Kier alpha value is -3.28. The van der Waals surface area contributed by atoms with Crippen LogP contribution in [0.25, 0.3) is 10.9 Å². The SMILES string of the molecule is O=C(c1cc(=O)c2cc(O)ccc2[nH]1)N1CCC(COc2ccccc2)CC1. The zero-order valence-corrected chi connectivity index (χ0v) is 15.4. The van der Waals surface area contributed by atoms with Crippen LogP contribution in [0, 0.1) is 5.92 Å². The molecule has 28 heavy (non-hydrogen) atoms. The molecule has 0 spiro atoms. The molecule has 1 aliphatic rings. The first-order chi connectivity index (χ1) is 13.6. The Kier molecular flexibility index (Phi) is 5.02. The zero-order chi connectivity index (χ0) is 19.5. The third-order valence-corrected chi connectivity index (χ3v) is 5.17. The zero-order valence-electron chi connectivity index (χ0n) is 15.4. The number of aromatic nitrogens is 1. The van der Waals surface area contributed by atoms with Gasteiger partial charge >= 0.3 is 0 Å². The lowest BCUT2D eigenvalue weighted by atomic mass is 9.97. The molecular weight excluding hydrogens is 356 g/mol. The molecule has 1 amide bonds. The summed E-state index contributed by atoms with van der Waals surface area (Å²) in [4.78, 5) is 29.9. The fourth-order valence-corrected chi connectivity index (χ4v) is 3.55. The van der Waals surface area contributed by atoms with Crippen molar-refractivity contribution in [1.82, 2.24) is 9.88 Å². The average molecular weight is 378 g/mol. The molecule has 1 fully saturated rings. The summed E-state index contributed by atoms with van der Waals surface area (Å²) in [6.07, 6.45) is 1.73. The van der Waals surface area contributed by atoms with Crippen LogP contribution in [0.2, 0.25) is 0 Å². The molecule has 3 aromatic rings. The quantitative estimate of drug-likeness (QED) is 0.731. The van der Waals surface area contributed by atoms with Gasteiger partial charge in [0.1, 0.15) is 17.2 Å². The molecule has 0 unspecified atom stereocenters. The Balaban J connectivity index is 1.39. The van der Waals surface area contributed by atoms with E-state index in [1.54, 1.807) is 11.0 Å². The van der Waals surface area contributed by atoms with Crippen LogP contribution in [-0.2, 0) is 0 Å². The number of fused-ring (bicyclic) bond motifs is 1. The highest BCUT2D eigenvalue weighted by molar-refractivity contribution is 5.95. The van der Waals surface area contributed by atoms with Crippen molar-refractivity contribution in [3.63, 3.8) is 0 Å². The molecule has 2 N–H and O–H groups in total. The summed E-state index contributed by atoms with van der Waals surface area (Å²) < 4.78 is 5.83. The maximum absolute atomic E-state index is 12.8. The van der Waals surface area contributed by atoms with Crippen molar-refractivity contribution >= 4 is 16.8 Å². The van der Waals surface area contributed by atoms with E-state index in [-0.39, 0.29) is 22.8 Å². The van der Waals surface area contributed by atoms with E-state index >= 15 is 0 Å². The second-order valence-corrected chi connectivity index (χ2v) is 7.14. The van der Waals surface area contributed by atoms with Crippen LogP contribution in [0.1, 0.15) is 23.3 Å². The van der Waals surface area contributed by atoms with Crippen molar-refractivity contribution in [2.75, 3.05) is 19.7 Å². The standard InChI is InChI=1S/C22H22N2O4/c25-16-6-7-19-18(12-16)21(26)13-20(23-19)22(27)24-10-8-15(9-11-24)14-28-17-4-2-1-3-5-17/h1-7,12-13,15,25H,8-11,14H2,(H,23,26). The molecule has 0 aliphatic carbocycles. The van der Waals surface area contributed by atoms with E-state index in [0.717, 1.165) is 18.6 Å². The number of likely N-dealkylation sites (tertiary alicyclic amines) is 1. The van der Waals surface area contributed by atoms with Gasteiger partial charge in [-0.1, -0.05) is 18.2 Å². The number of para-hydroxylation sites is 1. The van der Waals surface area contributed by atoms with Crippen molar-refractivity contribution in [2.24, 2.45) is 5.92 Å². The highest BCUT2D eigenvalue weighted by Crippen LogP contribution is 2.21. The topological polar surface area (TPSA) is 82.6 Å².